The maximum atomic E-state index is 13.8. The molecular weight excluding hydrogens is 526 g/mol. The number of anilines is 1. The van der Waals surface area contributed by atoms with Crippen LogP contribution in [-0.2, 0) is 22.6 Å². The first-order valence-electron chi connectivity index (χ1n) is 13.2. The summed E-state index contributed by atoms with van der Waals surface area (Å²) in [5.41, 5.74) is 5.74. The number of aromatic nitrogens is 1. The van der Waals surface area contributed by atoms with Gasteiger partial charge in [0.1, 0.15) is 22.8 Å². The fourth-order valence-electron chi connectivity index (χ4n) is 6.36. The number of allylic oxidation sites excluding steroid dienone is 2. The minimum absolute atomic E-state index is 0.0126. The SMILES string of the molecule is NC(=O)C1=C(O)C[C@@H]2C[C@@H]3Cc4c(-c5ccc(CNc6cccnc6)cc5)ccc(O)c4C(=O)C3=C(O)[C@]2(O)C1=O. The number of aliphatic hydroxyl groups excluding tert-OH is 2. The van der Waals surface area contributed by atoms with Crippen molar-refractivity contribution in [2.75, 3.05) is 5.32 Å². The normalized spacial score (nSPS) is 23.5. The molecule has 1 amide bonds. The van der Waals surface area contributed by atoms with Gasteiger partial charge in [0, 0.05) is 36.9 Å². The number of benzene rings is 2. The molecule has 3 atom stereocenters. The van der Waals surface area contributed by atoms with Crippen LogP contribution in [0, 0.1) is 11.8 Å². The van der Waals surface area contributed by atoms with Crippen molar-refractivity contribution < 1.29 is 34.8 Å². The molecule has 0 radical (unpaired) electrons. The summed E-state index contributed by atoms with van der Waals surface area (Å²) in [6.45, 7) is 0.579. The number of amides is 1. The molecule has 3 aliphatic rings. The zero-order chi connectivity index (χ0) is 29.1. The van der Waals surface area contributed by atoms with E-state index in [-0.39, 0.29) is 36.1 Å². The first-order chi connectivity index (χ1) is 19.6. The lowest BCUT2D eigenvalue weighted by Crippen LogP contribution is -2.57. The number of nitrogens with zero attached hydrogens (tertiary/aromatic N) is 1. The van der Waals surface area contributed by atoms with E-state index in [9.17, 15) is 34.8 Å². The van der Waals surface area contributed by atoms with Crippen molar-refractivity contribution in [2.45, 2.75) is 31.4 Å². The number of primary amides is 1. The highest BCUT2D eigenvalue weighted by Crippen LogP contribution is 2.52. The van der Waals surface area contributed by atoms with E-state index in [1.165, 1.54) is 6.07 Å². The second-order valence-electron chi connectivity index (χ2n) is 10.7. The number of hydrogen-bond acceptors (Lipinski definition) is 9. The van der Waals surface area contributed by atoms with Crippen molar-refractivity contribution in [2.24, 2.45) is 17.6 Å². The number of phenolic OH excluding ortho intramolecular Hbond substituents is 1. The molecule has 2 aromatic carbocycles. The van der Waals surface area contributed by atoms with Crippen molar-refractivity contribution in [1.29, 1.82) is 0 Å². The number of ketones is 2. The fourth-order valence-corrected chi connectivity index (χ4v) is 6.36. The first-order valence-corrected chi connectivity index (χ1v) is 13.2. The van der Waals surface area contributed by atoms with Crippen LogP contribution in [0.3, 0.4) is 0 Å². The Hall–Kier alpha value is -4.96. The quantitative estimate of drug-likeness (QED) is 0.258. The number of phenols is 1. The minimum Gasteiger partial charge on any atom is -0.511 e. The molecule has 6 rings (SSSR count). The predicted octanol–water partition coefficient (Wildman–Crippen LogP) is 3.25. The van der Waals surface area contributed by atoms with Gasteiger partial charge in [-0.1, -0.05) is 30.3 Å². The molecule has 10 heteroatoms. The highest BCUT2D eigenvalue weighted by atomic mass is 16.3. The van der Waals surface area contributed by atoms with Gasteiger partial charge in [0.15, 0.2) is 11.4 Å². The van der Waals surface area contributed by atoms with E-state index in [0.717, 1.165) is 22.4 Å². The molecule has 0 spiro atoms. The lowest BCUT2D eigenvalue weighted by Gasteiger charge is -2.45. The van der Waals surface area contributed by atoms with Crippen LogP contribution in [0.15, 0.2) is 83.6 Å². The molecule has 0 fully saturated rings. The average Bonchev–Trinajstić information content (AvgIpc) is 2.95. The number of aromatic hydroxyl groups is 1. The van der Waals surface area contributed by atoms with Gasteiger partial charge in [0.05, 0.1) is 11.3 Å². The molecular formula is C31H27N3O7. The summed E-state index contributed by atoms with van der Waals surface area (Å²) in [7, 11) is 0. The summed E-state index contributed by atoms with van der Waals surface area (Å²) in [4.78, 5) is 42.8. The van der Waals surface area contributed by atoms with Crippen LogP contribution in [0.1, 0.15) is 34.3 Å². The zero-order valence-electron chi connectivity index (χ0n) is 21.8. The van der Waals surface area contributed by atoms with Gasteiger partial charge in [0.2, 0.25) is 5.78 Å². The summed E-state index contributed by atoms with van der Waals surface area (Å²) in [5.74, 6) is -6.45. The van der Waals surface area contributed by atoms with Crippen molar-refractivity contribution in [1.82, 2.24) is 4.98 Å². The summed E-state index contributed by atoms with van der Waals surface area (Å²) in [6.07, 6.45) is 3.49. The molecule has 0 saturated heterocycles. The lowest BCUT2D eigenvalue weighted by molar-refractivity contribution is -0.144. The van der Waals surface area contributed by atoms with Crippen molar-refractivity contribution in [3.8, 4) is 16.9 Å². The Labute approximate surface area is 234 Å². The van der Waals surface area contributed by atoms with Crippen LogP contribution < -0.4 is 11.1 Å². The first kappa shape index (κ1) is 26.3. The number of rotatable bonds is 5. The Kier molecular flexibility index (Phi) is 6.15. The number of nitrogens with one attached hydrogen (secondary N) is 1. The molecule has 7 N–H and O–H groups in total. The third-order valence-corrected chi connectivity index (χ3v) is 8.37. The van der Waals surface area contributed by atoms with Gasteiger partial charge in [0.25, 0.3) is 5.91 Å². The average molecular weight is 554 g/mol. The fraction of sp³-hybridized carbons (Fsp3) is 0.226. The predicted molar refractivity (Wildman–Crippen MR) is 148 cm³/mol. The highest BCUT2D eigenvalue weighted by molar-refractivity contribution is 6.24. The van der Waals surface area contributed by atoms with Crippen molar-refractivity contribution in [3.63, 3.8) is 0 Å². The molecule has 10 nitrogen and oxygen atoms in total. The topological polar surface area (TPSA) is 183 Å². The molecule has 3 aromatic rings. The third kappa shape index (κ3) is 4.06. The van der Waals surface area contributed by atoms with E-state index in [4.69, 9.17) is 5.73 Å². The maximum absolute atomic E-state index is 13.8. The second-order valence-corrected chi connectivity index (χ2v) is 10.7. The molecule has 0 saturated carbocycles. The molecule has 0 unspecified atom stereocenters. The van der Waals surface area contributed by atoms with Gasteiger partial charge in [-0.3, -0.25) is 19.4 Å². The van der Waals surface area contributed by atoms with Gasteiger partial charge in [-0.05, 0) is 59.2 Å². The number of Topliss-reactive ketones (excluding diaryl/α,β-unsaturated/α-hetero) is 2. The number of nitrogens with two attached hydrogens (primary N) is 1. The summed E-state index contributed by atoms with van der Waals surface area (Å²) in [5, 5.41) is 46.9. The van der Waals surface area contributed by atoms with Crippen LogP contribution in [0.5, 0.6) is 5.75 Å². The van der Waals surface area contributed by atoms with Crippen molar-refractivity contribution in [3.05, 3.63) is 100 Å². The van der Waals surface area contributed by atoms with E-state index >= 15 is 0 Å². The molecule has 3 aliphatic carbocycles. The van der Waals surface area contributed by atoms with Crippen molar-refractivity contribution >= 4 is 23.2 Å². The monoisotopic (exact) mass is 553 g/mol. The Balaban J connectivity index is 1.36. The molecule has 0 bridgehead atoms. The van der Waals surface area contributed by atoms with Crippen LogP contribution in [0.25, 0.3) is 11.1 Å². The lowest BCUT2D eigenvalue weighted by atomic mass is 9.60. The molecule has 0 aliphatic heterocycles. The Morgan fingerprint density at radius 1 is 1.05 bits per heavy atom. The number of carbonyl (C=O) groups is 3. The summed E-state index contributed by atoms with van der Waals surface area (Å²) >= 11 is 0. The second kappa shape index (κ2) is 9.60. The molecule has 1 aromatic heterocycles. The largest absolute Gasteiger partial charge is 0.511 e. The smallest absolute Gasteiger partial charge is 0.255 e. The van der Waals surface area contributed by atoms with E-state index in [1.807, 2.05) is 36.4 Å². The Morgan fingerprint density at radius 2 is 1.80 bits per heavy atom. The Morgan fingerprint density at radius 3 is 2.49 bits per heavy atom. The number of aliphatic hydroxyl groups is 3. The van der Waals surface area contributed by atoms with Crippen LogP contribution in [-0.4, -0.2) is 48.5 Å². The molecule has 1 heterocycles. The van der Waals surface area contributed by atoms with E-state index in [0.29, 0.717) is 12.1 Å². The number of pyridine rings is 1. The third-order valence-electron chi connectivity index (χ3n) is 8.37. The Bertz CT molecular complexity index is 1680. The molecule has 41 heavy (non-hydrogen) atoms. The molecule has 208 valence electrons. The van der Waals surface area contributed by atoms with Gasteiger partial charge < -0.3 is 31.5 Å². The van der Waals surface area contributed by atoms with Gasteiger partial charge in [-0.25, -0.2) is 0 Å². The minimum atomic E-state index is -2.58. The zero-order valence-corrected chi connectivity index (χ0v) is 21.8. The summed E-state index contributed by atoms with van der Waals surface area (Å²) in [6, 6.07) is 14.7. The van der Waals surface area contributed by atoms with E-state index in [1.54, 1.807) is 18.5 Å². The van der Waals surface area contributed by atoms with Crippen LogP contribution in [0.2, 0.25) is 0 Å². The van der Waals surface area contributed by atoms with Gasteiger partial charge in [-0.2, -0.15) is 0 Å². The van der Waals surface area contributed by atoms with Crippen LogP contribution in [0.4, 0.5) is 5.69 Å². The highest BCUT2D eigenvalue weighted by Gasteiger charge is 2.59. The standard InChI is InChI=1S/C31H27N3O7/c32-30(40)26-23(36)12-18-10-17-11-21-20(16-5-3-15(4-6-16)13-34-19-2-1-9-33-14-19)7-8-22(35)25(21)27(37)24(17)28(38)31(18,41)29(26)39/h1-9,14,17-18,34-36,38,41H,10-13H2,(H2,32,40)/t17-,18+,31+/m1/s1. The summed E-state index contributed by atoms with van der Waals surface area (Å²) < 4.78 is 0. The van der Waals surface area contributed by atoms with E-state index in [2.05, 4.69) is 10.3 Å². The number of fused-ring (bicyclic) bond motifs is 3. The number of carbonyl (C=O) groups excluding carboxylic acids is 3. The van der Waals surface area contributed by atoms with Gasteiger partial charge >= 0.3 is 0 Å². The number of hydrogen-bond donors (Lipinski definition) is 6. The van der Waals surface area contributed by atoms with E-state index < -0.39 is 52.0 Å². The van der Waals surface area contributed by atoms with Crippen LogP contribution >= 0.6 is 0 Å². The van der Waals surface area contributed by atoms with Gasteiger partial charge in [-0.15, -0.1) is 0 Å². The maximum Gasteiger partial charge on any atom is 0.255 e.